The lowest BCUT2D eigenvalue weighted by Crippen LogP contribution is -2.30. The highest BCUT2D eigenvalue weighted by Crippen LogP contribution is 2.30. The Kier molecular flexibility index (Phi) is 7.36. The first kappa shape index (κ1) is 26.0. The van der Waals surface area contributed by atoms with Gasteiger partial charge in [0.05, 0.1) is 27.4 Å². The smallest absolute Gasteiger partial charge is 0.293 e. The van der Waals surface area contributed by atoms with Crippen LogP contribution >= 0.6 is 11.3 Å². The van der Waals surface area contributed by atoms with Crippen LogP contribution in [0.3, 0.4) is 0 Å². The van der Waals surface area contributed by atoms with Gasteiger partial charge >= 0.3 is 0 Å². The molecule has 0 radical (unpaired) electrons. The Labute approximate surface area is 227 Å². The first-order chi connectivity index (χ1) is 18.8. The number of sulfonamides is 1. The van der Waals surface area contributed by atoms with E-state index in [4.69, 9.17) is 15.4 Å². The number of benzene rings is 3. The van der Waals surface area contributed by atoms with Gasteiger partial charge in [-0.3, -0.25) is 4.79 Å². The predicted molar refractivity (Wildman–Crippen MR) is 146 cm³/mol. The second-order valence-electron chi connectivity index (χ2n) is 8.43. The van der Waals surface area contributed by atoms with Crippen molar-refractivity contribution in [2.45, 2.75) is 17.4 Å². The van der Waals surface area contributed by atoms with Gasteiger partial charge in [0.2, 0.25) is 15.8 Å². The van der Waals surface area contributed by atoms with Crippen molar-refractivity contribution in [3.63, 3.8) is 0 Å². The van der Waals surface area contributed by atoms with Gasteiger partial charge in [0, 0.05) is 11.3 Å². The number of thiazole rings is 1. The third-order valence-electron chi connectivity index (χ3n) is 5.73. The van der Waals surface area contributed by atoms with Crippen molar-refractivity contribution in [1.82, 2.24) is 14.7 Å². The average Bonchev–Trinajstić information content (AvgIpc) is 3.63. The summed E-state index contributed by atoms with van der Waals surface area (Å²) in [6.45, 7) is 0. The number of carbonyl (C=O) groups is 1. The maximum Gasteiger partial charge on any atom is 0.293 e. The zero-order chi connectivity index (χ0) is 27.4. The zero-order valence-corrected chi connectivity index (χ0v) is 21.8. The molecule has 0 aliphatic rings. The van der Waals surface area contributed by atoms with Gasteiger partial charge in [-0.15, -0.1) is 11.3 Å². The molecule has 0 saturated carbocycles. The lowest BCUT2D eigenvalue weighted by Gasteiger charge is -2.18. The predicted octanol–water partition coefficient (Wildman–Crippen LogP) is 3.89. The number of amides is 1. The molecule has 11 nitrogen and oxygen atoms in total. The highest BCUT2D eigenvalue weighted by atomic mass is 32.2. The number of anilines is 1. The van der Waals surface area contributed by atoms with Gasteiger partial charge in [-0.25, -0.2) is 23.1 Å². The van der Waals surface area contributed by atoms with Crippen LogP contribution in [0.4, 0.5) is 5.69 Å². The number of oxime groups is 1. The van der Waals surface area contributed by atoms with Crippen molar-refractivity contribution in [2.75, 3.05) is 5.32 Å². The number of amidine groups is 1. The maximum atomic E-state index is 13.6. The summed E-state index contributed by atoms with van der Waals surface area (Å²) in [6.07, 6.45) is 2.63. The van der Waals surface area contributed by atoms with E-state index in [0.717, 1.165) is 22.2 Å². The fourth-order valence-corrected chi connectivity index (χ4v) is 6.23. The quantitative estimate of drug-likeness (QED) is 0.0906. The van der Waals surface area contributed by atoms with Gasteiger partial charge in [0.25, 0.3) is 5.91 Å². The average molecular weight is 563 g/mol. The molecule has 5 aromatic rings. The topological polar surface area (TPSA) is 173 Å². The number of para-hydroxylation sites is 1. The van der Waals surface area contributed by atoms with E-state index in [-0.39, 0.29) is 28.6 Å². The summed E-state index contributed by atoms with van der Waals surface area (Å²) in [5, 5.41) is 15.3. The summed E-state index contributed by atoms with van der Waals surface area (Å²) in [5.41, 5.74) is 8.02. The Hall–Kier alpha value is -4.59. The van der Waals surface area contributed by atoms with Crippen LogP contribution in [-0.2, 0) is 16.4 Å². The lowest BCUT2D eigenvalue weighted by molar-refractivity contribution is 0.0996. The number of nitrogens with zero attached hydrogens (tertiary/aromatic N) is 3. The molecular weight excluding hydrogens is 540 g/mol. The van der Waals surface area contributed by atoms with E-state index in [1.54, 1.807) is 24.3 Å². The summed E-state index contributed by atoms with van der Waals surface area (Å²) in [4.78, 5) is 20.7. The van der Waals surface area contributed by atoms with Gasteiger partial charge in [-0.1, -0.05) is 41.6 Å². The normalized spacial score (nSPS) is 12.9. The van der Waals surface area contributed by atoms with E-state index < -0.39 is 22.0 Å². The molecule has 5 N–H and O–H groups in total. The van der Waals surface area contributed by atoms with Crippen LogP contribution in [-0.4, -0.2) is 35.3 Å². The summed E-state index contributed by atoms with van der Waals surface area (Å²) in [5.74, 6) is -0.627. The highest BCUT2D eigenvalue weighted by Gasteiger charge is 2.25. The highest BCUT2D eigenvalue weighted by molar-refractivity contribution is 7.89. The Morgan fingerprint density at radius 3 is 2.69 bits per heavy atom. The maximum absolute atomic E-state index is 13.6. The number of rotatable bonds is 9. The molecule has 0 aliphatic carbocycles. The molecule has 1 unspecified atom stereocenters. The number of hydrogen-bond donors (Lipinski definition) is 4. The first-order valence-corrected chi connectivity index (χ1v) is 13.9. The summed E-state index contributed by atoms with van der Waals surface area (Å²) >= 11 is 1.39. The van der Waals surface area contributed by atoms with Crippen LogP contribution in [0.15, 0.2) is 99.9 Å². The van der Waals surface area contributed by atoms with E-state index in [0.29, 0.717) is 10.6 Å². The summed E-state index contributed by atoms with van der Waals surface area (Å²) in [7, 11) is -4.07. The van der Waals surface area contributed by atoms with Gasteiger partial charge in [-0.05, 0) is 48.4 Å². The molecule has 2 heterocycles. The van der Waals surface area contributed by atoms with Crippen molar-refractivity contribution in [2.24, 2.45) is 10.9 Å². The van der Waals surface area contributed by atoms with E-state index in [2.05, 4.69) is 25.2 Å². The van der Waals surface area contributed by atoms with Gasteiger partial charge in [0.15, 0.2) is 12.2 Å². The van der Waals surface area contributed by atoms with Crippen LogP contribution in [0.2, 0.25) is 0 Å². The Morgan fingerprint density at radius 2 is 1.92 bits per heavy atom. The number of aromatic nitrogens is 2. The molecule has 0 saturated heterocycles. The van der Waals surface area contributed by atoms with Crippen molar-refractivity contribution >= 4 is 49.0 Å². The molecular formula is C26H22N6O5S2. The second-order valence-corrected chi connectivity index (χ2v) is 11.2. The molecule has 0 fully saturated rings. The van der Waals surface area contributed by atoms with E-state index in [9.17, 15) is 13.2 Å². The number of hydrogen-bond acceptors (Lipinski definition) is 9. The number of nitrogens with two attached hydrogens (primary N) is 1. The van der Waals surface area contributed by atoms with Crippen molar-refractivity contribution in [1.29, 1.82) is 0 Å². The summed E-state index contributed by atoms with van der Waals surface area (Å²) in [6, 6.07) is 19.7. The van der Waals surface area contributed by atoms with Crippen LogP contribution < -0.4 is 15.8 Å². The molecule has 3 aromatic carbocycles. The van der Waals surface area contributed by atoms with Gasteiger partial charge in [-0.2, -0.15) is 0 Å². The Bertz CT molecular complexity index is 1730. The molecule has 1 atom stereocenters. The van der Waals surface area contributed by atoms with Crippen molar-refractivity contribution in [3.8, 4) is 0 Å². The Balaban J connectivity index is 1.46. The molecule has 39 heavy (non-hydrogen) atoms. The van der Waals surface area contributed by atoms with Gasteiger partial charge in [0.1, 0.15) is 5.01 Å². The minimum atomic E-state index is -4.07. The van der Waals surface area contributed by atoms with Gasteiger partial charge < -0.3 is 20.7 Å². The number of oxazole rings is 1. The molecule has 13 heteroatoms. The SMILES string of the molecule is NC(=NO)c1cccc(CC(NS(=O)(=O)c2cccc(NC(=O)c3cnco3)c2)c2nc3ccccc3s2)c1. The summed E-state index contributed by atoms with van der Waals surface area (Å²) < 4.78 is 35.8. The van der Waals surface area contributed by atoms with E-state index in [1.807, 2.05) is 30.3 Å². The molecule has 2 aromatic heterocycles. The monoisotopic (exact) mass is 562 g/mol. The molecule has 0 bridgehead atoms. The minimum absolute atomic E-state index is 0.00797. The lowest BCUT2D eigenvalue weighted by atomic mass is 10.0. The van der Waals surface area contributed by atoms with Crippen LogP contribution in [0, 0.1) is 0 Å². The van der Waals surface area contributed by atoms with Crippen LogP contribution in [0.5, 0.6) is 0 Å². The fraction of sp³-hybridized carbons (Fsp3) is 0.0769. The molecule has 0 spiro atoms. The van der Waals surface area contributed by atoms with E-state index in [1.165, 1.54) is 35.7 Å². The molecule has 1 amide bonds. The van der Waals surface area contributed by atoms with E-state index >= 15 is 0 Å². The fourth-order valence-electron chi connectivity index (χ4n) is 3.89. The van der Waals surface area contributed by atoms with Crippen molar-refractivity contribution in [3.05, 3.63) is 107 Å². The van der Waals surface area contributed by atoms with Crippen LogP contribution in [0.25, 0.3) is 10.2 Å². The number of fused-ring (bicyclic) bond motifs is 1. The standard InChI is InChI=1S/C26H22N6O5S2/c27-24(31-34)17-6-3-5-16(11-17)12-21(26-30-20-9-1-2-10-23(20)38-26)32-39(35,36)19-8-4-7-18(13-19)29-25(33)22-14-28-15-37-22/h1-11,13-15,21,32,34H,12H2,(H2,27,31)(H,29,33). The second kappa shape index (κ2) is 11.0. The number of nitrogens with one attached hydrogen (secondary N) is 2. The largest absolute Gasteiger partial charge is 0.438 e. The van der Waals surface area contributed by atoms with Crippen LogP contribution in [0.1, 0.15) is 32.7 Å². The minimum Gasteiger partial charge on any atom is -0.438 e. The molecule has 5 rings (SSSR count). The Morgan fingerprint density at radius 1 is 1.10 bits per heavy atom. The third kappa shape index (κ3) is 5.95. The first-order valence-electron chi connectivity index (χ1n) is 11.6. The molecule has 0 aliphatic heterocycles. The number of carbonyl (C=O) groups excluding carboxylic acids is 1. The third-order valence-corrected chi connectivity index (χ3v) is 8.35. The zero-order valence-electron chi connectivity index (χ0n) is 20.2. The van der Waals surface area contributed by atoms with Crippen molar-refractivity contribution < 1.29 is 22.8 Å². The molecule has 198 valence electrons.